The number of rotatable bonds is 3. The summed E-state index contributed by atoms with van der Waals surface area (Å²) in [5, 5.41) is 0.521. The van der Waals surface area contributed by atoms with Gasteiger partial charge < -0.3 is 14.5 Å². The van der Waals surface area contributed by atoms with Crippen molar-refractivity contribution in [3.05, 3.63) is 35.5 Å². The van der Waals surface area contributed by atoms with Gasteiger partial charge in [-0.1, -0.05) is 6.07 Å². The number of piperazine rings is 1. The van der Waals surface area contributed by atoms with Crippen molar-refractivity contribution in [1.82, 2.24) is 9.88 Å². The maximum Gasteiger partial charge on any atom is 0.416 e. The van der Waals surface area contributed by atoms with Crippen molar-refractivity contribution in [2.75, 3.05) is 44.7 Å². The van der Waals surface area contributed by atoms with Crippen molar-refractivity contribution in [2.24, 2.45) is 0 Å². The maximum atomic E-state index is 13.0. The van der Waals surface area contributed by atoms with Crippen LogP contribution in [0.4, 0.5) is 18.9 Å². The first-order chi connectivity index (χ1) is 12.3. The maximum absolute atomic E-state index is 13.0. The Balaban J connectivity index is 2.14. The number of halogens is 3. The van der Waals surface area contributed by atoms with Crippen molar-refractivity contribution in [1.29, 1.82) is 0 Å². The van der Waals surface area contributed by atoms with Crippen LogP contribution in [0.25, 0.3) is 10.9 Å². The number of aromatic nitrogens is 1. The highest BCUT2D eigenvalue weighted by atomic mass is 19.4. The fourth-order valence-electron chi connectivity index (χ4n) is 3.08. The highest BCUT2D eigenvalue weighted by Crippen LogP contribution is 2.35. The Labute approximate surface area is 149 Å². The van der Waals surface area contributed by atoms with Crippen LogP contribution in [0.2, 0.25) is 0 Å². The Morgan fingerprint density at radius 3 is 2.54 bits per heavy atom. The Morgan fingerprint density at radius 1 is 1.23 bits per heavy atom. The molecule has 0 aliphatic carbocycles. The molecule has 26 heavy (non-hydrogen) atoms. The van der Waals surface area contributed by atoms with Gasteiger partial charge in [-0.3, -0.25) is 4.98 Å². The average molecular weight is 367 g/mol. The lowest BCUT2D eigenvalue weighted by atomic mass is 10.0. The number of pyridine rings is 1. The molecule has 1 aliphatic rings. The smallest absolute Gasteiger partial charge is 0.416 e. The van der Waals surface area contributed by atoms with E-state index in [9.17, 15) is 18.0 Å². The van der Waals surface area contributed by atoms with Crippen LogP contribution < -0.4 is 4.90 Å². The van der Waals surface area contributed by atoms with E-state index in [4.69, 9.17) is 4.74 Å². The zero-order chi connectivity index (χ0) is 18.9. The summed E-state index contributed by atoms with van der Waals surface area (Å²) in [6.45, 7) is 4.86. The number of hydrogen-bond acceptors (Lipinski definition) is 5. The molecule has 1 aromatic carbocycles. The predicted octanol–water partition coefficient (Wildman–Crippen LogP) is 3.18. The number of carbonyl (C=O) groups is 1. The normalized spacial score (nSPS) is 16.1. The standard InChI is InChI=1S/C18H20F3N3O2/c1-3-26-17(25)14-11-22-15-10-12(18(19,20)21)4-5-13(15)16(14)24-8-6-23(2)7-9-24/h4-5,10-11H,3,6-9H2,1-2H3. The summed E-state index contributed by atoms with van der Waals surface area (Å²) in [7, 11) is 2.00. The molecule has 0 spiro atoms. The van der Waals surface area contributed by atoms with E-state index in [1.165, 1.54) is 12.3 Å². The molecule has 140 valence electrons. The monoisotopic (exact) mass is 367 g/mol. The third-order valence-electron chi connectivity index (χ3n) is 4.48. The quantitative estimate of drug-likeness (QED) is 0.780. The lowest BCUT2D eigenvalue weighted by Crippen LogP contribution is -2.45. The number of alkyl halides is 3. The molecule has 3 rings (SSSR count). The van der Waals surface area contributed by atoms with Gasteiger partial charge in [0, 0.05) is 37.8 Å². The molecule has 0 N–H and O–H groups in total. The first kappa shape index (κ1) is 18.4. The second kappa shape index (κ2) is 7.11. The molecule has 8 heteroatoms. The number of esters is 1. The number of carbonyl (C=O) groups excluding carboxylic acids is 1. The molecule has 0 unspecified atom stereocenters. The van der Waals surface area contributed by atoms with Crippen LogP contribution in [0.15, 0.2) is 24.4 Å². The molecule has 1 aliphatic heterocycles. The number of fused-ring (bicyclic) bond motifs is 1. The zero-order valence-corrected chi connectivity index (χ0v) is 14.6. The minimum atomic E-state index is -4.44. The van der Waals surface area contributed by atoms with Gasteiger partial charge in [0.2, 0.25) is 0 Å². The molecule has 1 fully saturated rings. The largest absolute Gasteiger partial charge is 0.462 e. The fraction of sp³-hybridized carbons (Fsp3) is 0.444. The van der Waals surface area contributed by atoms with E-state index >= 15 is 0 Å². The third kappa shape index (κ3) is 3.60. The van der Waals surface area contributed by atoms with Gasteiger partial charge in [-0.2, -0.15) is 13.2 Å². The highest BCUT2D eigenvalue weighted by Gasteiger charge is 2.31. The van der Waals surface area contributed by atoms with E-state index in [-0.39, 0.29) is 17.7 Å². The Bertz CT molecular complexity index is 815. The van der Waals surface area contributed by atoms with E-state index in [1.54, 1.807) is 6.92 Å². The van der Waals surface area contributed by atoms with Crippen LogP contribution in [0.1, 0.15) is 22.8 Å². The highest BCUT2D eigenvalue weighted by molar-refractivity contribution is 6.05. The van der Waals surface area contributed by atoms with E-state index in [0.29, 0.717) is 24.2 Å². The van der Waals surface area contributed by atoms with Crippen LogP contribution in [-0.4, -0.2) is 55.7 Å². The molecular formula is C18H20F3N3O2. The van der Waals surface area contributed by atoms with Crippen LogP contribution >= 0.6 is 0 Å². The van der Waals surface area contributed by atoms with Gasteiger partial charge in [-0.05, 0) is 26.1 Å². The topological polar surface area (TPSA) is 45.7 Å². The number of ether oxygens (including phenoxy) is 1. The first-order valence-corrected chi connectivity index (χ1v) is 8.42. The van der Waals surface area contributed by atoms with E-state index < -0.39 is 17.7 Å². The summed E-state index contributed by atoms with van der Waals surface area (Å²) in [5.74, 6) is -0.518. The van der Waals surface area contributed by atoms with Gasteiger partial charge in [-0.15, -0.1) is 0 Å². The average Bonchev–Trinajstić information content (AvgIpc) is 2.60. The molecule has 0 amide bonds. The van der Waals surface area contributed by atoms with Crippen molar-refractivity contribution < 1.29 is 22.7 Å². The SMILES string of the molecule is CCOC(=O)c1cnc2cc(C(F)(F)F)ccc2c1N1CCN(C)CC1. The van der Waals surface area contributed by atoms with E-state index in [2.05, 4.69) is 9.88 Å². The van der Waals surface area contributed by atoms with Crippen molar-refractivity contribution in [2.45, 2.75) is 13.1 Å². The molecule has 1 saturated heterocycles. The molecule has 2 heterocycles. The minimum absolute atomic E-state index is 0.210. The van der Waals surface area contributed by atoms with E-state index in [1.807, 2.05) is 11.9 Å². The number of hydrogen-bond donors (Lipinski definition) is 0. The van der Waals surface area contributed by atoms with Gasteiger partial charge in [0.15, 0.2) is 0 Å². The second-order valence-electron chi connectivity index (χ2n) is 6.26. The molecule has 0 radical (unpaired) electrons. The van der Waals surface area contributed by atoms with Crippen LogP contribution in [-0.2, 0) is 10.9 Å². The number of nitrogens with zero attached hydrogens (tertiary/aromatic N) is 3. The van der Waals surface area contributed by atoms with Crippen LogP contribution in [0.5, 0.6) is 0 Å². The number of anilines is 1. The summed E-state index contributed by atoms with van der Waals surface area (Å²) in [6, 6.07) is 3.43. The van der Waals surface area contributed by atoms with Gasteiger partial charge >= 0.3 is 12.1 Å². The van der Waals surface area contributed by atoms with Gasteiger partial charge in [0.25, 0.3) is 0 Å². The van der Waals surface area contributed by atoms with Gasteiger partial charge in [-0.25, -0.2) is 4.79 Å². The summed E-state index contributed by atoms with van der Waals surface area (Å²) in [4.78, 5) is 20.6. The number of benzene rings is 1. The molecule has 0 atom stereocenters. The summed E-state index contributed by atoms with van der Waals surface area (Å²) in [6.07, 6.45) is -3.13. The van der Waals surface area contributed by atoms with Crippen molar-refractivity contribution in [3.8, 4) is 0 Å². The minimum Gasteiger partial charge on any atom is -0.462 e. The molecule has 1 aromatic heterocycles. The molecule has 2 aromatic rings. The summed E-state index contributed by atoms with van der Waals surface area (Å²) in [5.41, 5.74) is 0.325. The fourth-order valence-corrected chi connectivity index (χ4v) is 3.08. The van der Waals surface area contributed by atoms with Crippen molar-refractivity contribution in [3.63, 3.8) is 0 Å². The Hall–Kier alpha value is -2.35. The second-order valence-corrected chi connectivity index (χ2v) is 6.26. The van der Waals surface area contributed by atoms with Crippen LogP contribution in [0.3, 0.4) is 0 Å². The molecule has 0 bridgehead atoms. The first-order valence-electron chi connectivity index (χ1n) is 8.42. The number of likely N-dealkylation sites (N-methyl/N-ethyl adjacent to an activating group) is 1. The lowest BCUT2D eigenvalue weighted by molar-refractivity contribution is -0.137. The Morgan fingerprint density at radius 2 is 1.92 bits per heavy atom. The summed E-state index contributed by atoms with van der Waals surface area (Å²) >= 11 is 0. The van der Waals surface area contributed by atoms with Crippen LogP contribution in [0, 0.1) is 0 Å². The van der Waals surface area contributed by atoms with Crippen molar-refractivity contribution >= 4 is 22.6 Å². The van der Waals surface area contributed by atoms with Gasteiger partial charge in [0.05, 0.1) is 23.4 Å². The third-order valence-corrected chi connectivity index (χ3v) is 4.48. The zero-order valence-electron chi connectivity index (χ0n) is 14.6. The van der Waals surface area contributed by atoms with Gasteiger partial charge in [0.1, 0.15) is 5.56 Å². The molecular weight excluding hydrogens is 347 g/mol. The predicted molar refractivity (Wildman–Crippen MR) is 92.4 cm³/mol. The molecule has 5 nitrogen and oxygen atoms in total. The molecule has 0 saturated carbocycles. The summed E-state index contributed by atoms with van der Waals surface area (Å²) < 4.78 is 44.1. The Kier molecular flexibility index (Phi) is 5.04. The van der Waals surface area contributed by atoms with E-state index in [0.717, 1.165) is 25.2 Å². The lowest BCUT2D eigenvalue weighted by Gasteiger charge is -2.35.